The minimum absolute atomic E-state index is 0.0483. The molecule has 0 radical (unpaired) electrons. The maximum absolute atomic E-state index is 13.9. The van der Waals surface area contributed by atoms with E-state index in [1.165, 1.54) is 11.5 Å². The Labute approximate surface area is 263 Å². The lowest BCUT2D eigenvalue weighted by atomic mass is 9.45. The predicted molar refractivity (Wildman–Crippen MR) is 170 cm³/mol. The van der Waals surface area contributed by atoms with Gasteiger partial charge >= 0.3 is 0 Å². The molecule has 1 aliphatic heterocycles. The van der Waals surface area contributed by atoms with Crippen LogP contribution in [0.5, 0.6) is 0 Å². The van der Waals surface area contributed by atoms with Gasteiger partial charge in [0.2, 0.25) is 5.91 Å². The Morgan fingerprint density at radius 3 is 2.53 bits per heavy atom. The van der Waals surface area contributed by atoms with Gasteiger partial charge in [0.25, 0.3) is 5.91 Å². The summed E-state index contributed by atoms with van der Waals surface area (Å²) in [7, 11) is 3.12. The van der Waals surface area contributed by atoms with Gasteiger partial charge in [0.1, 0.15) is 17.9 Å². The van der Waals surface area contributed by atoms with Gasteiger partial charge in [-0.1, -0.05) is 55.4 Å². The van der Waals surface area contributed by atoms with Crippen LogP contribution < -0.4 is 10.6 Å². The number of carbonyl (C=O) groups excluding carboxylic acids is 2. The molecule has 0 spiro atoms. The van der Waals surface area contributed by atoms with Crippen LogP contribution in [0.4, 0.5) is 0 Å². The van der Waals surface area contributed by atoms with Crippen molar-refractivity contribution in [3.05, 3.63) is 64.4 Å². The molecule has 10 heteroatoms. The van der Waals surface area contributed by atoms with Crippen LogP contribution >= 0.6 is 15.9 Å². The van der Waals surface area contributed by atoms with Crippen LogP contribution in [0.25, 0.3) is 5.57 Å². The molecule has 3 aliphatic carbocycles. The monoisotopic (exact) mass is 659 g/mol. The Bertz CT molecular complexity index is 1280. The third kappa shape index (κ3) is 6.63. The second-order valence-corrected chi connectivity index (χ2v) is 13.6. The molecule has 8 atom stereocenters. The molecule has 2 amide bonds. The number of hydrogen-bond acceptors (Lipinski definition) is 7. The summed E-state index contributed by atoms with van der Waals surface area (Å²) in [4.78, 5) is 32.4. The lowest BCUT2D eigenvalue weighted by Gasteiger charge is -2.62. The third-order valence-corrected chi connectivity index (χ3v) is 10.4. The minimum Gasteiger partial charge on any atom is -0.496 e. The summed E-state index contributed by atoms with van der Waals surface area (Å²) in [5, 5.41) is 28.3. The van der Waals surface area contributed by atoms with Gasteiger partial charge in [-0.25, -0.2) is 0 Å². The number of aliphatic hydroxyl groups is 2. The van der Waals surface area contributed by atoms with E-state index in [-0.39, 0.29) is 31.0 Å². The molecule has 1 aromatic carbocycles. The standard InChI is InChI=1S/C33H46BrN3O6/c1-8-9-24(20-12-21(31(40)35-6)14-23(34)13-20)27(42-7)10-11-37-30(29(19(3)39)28(17-38)43-37)32(41)36-26-16-22-15-25(18(26)2)33(22,4)5/h8-10,12-14,18-19,22,25-26,28-30,38-39H,1,11,15-17H2,2-7H3,(H,35,40)(H,36,41)/b24-9-,27-10-/t18-,19-,22+,25-,26-,28-,29-,30-/m0/s1. The van der Waals surface area contributed by atoms with Crippen LogP contribution in [0.2, 0.25) is 0 Å². The summed E-state index contributed by atoms with van der Waals surface area (Å²) in [6.07, 6.45) is 5.71. The van der Waals surface area contributed by atoms with Gasteiger partial charge in [0.05, 0.1) is 19.8 Å². The highest BCUT2D eigenvalue weighted by atomic mass is 79.9. The number of carbonyl (C=O) groups is 2. The fraction of sp³-hybridized carbons (Fsp3) is 0.576. The zero-order valence-corrected chi connectivity index (χ0v) is 27.6. The number of allylic oxidation sites excluding steroid dienone is 3. The first-order valence-corrected chi connectivity index (χ1v) is 15.8. The number of nitrogens with one attached hydrogen (secondary N) is 2. The molecule has 0 unspecified atom stereocenters. The van der Waals surface area contributed by atoms with Crippen molar-refractivity contribution >= 4 is 33.3 Å². The fourth-order valence-electron chi connectivity index (χ4n) is 7.44. The number of benzene rings is 1. The Kier molecular flexibility index (Phi) is 10.6. The Balaban J connectivity index is 1.61. The number of nitrogens with zero attached hydrogens (tertiary/aromatic N) is 1. The SMILES string of the molecule is C=C/C=C(\C(=C\CN1O[C@@H](CO)[C@H]([C@H](C)O)[C@H]1C(=O)N[C@H]1C[C@H]2C[C@@H]([C@@H]1C)C2(C)C)OC)c1cc(Br)cc(C(=O)NC)c1. The van der Waals surface area contributed by atoms with Crippen LogP contribution in [0.15, 0.2) is 53.2 Å². The second-order valence-electron chi connectivity index (χ2n) is 12.7. The molecule has 43 heavy (non-hydrogen) atoms. The minimum atomic E-state index is -0.888. The average molecular weight is 661 g/mol. The van der Waals surface area contributed by atoms with Crippen LogP contribution in [0.1, 0.15) is 56.5 Å². The van der Waals surface area contributed by atoms with E-state index >= 15 is 0 Å². The fourth-order valence-corrected chi connectivity index (χ4v) is 7.93. The molecule has 1 aromatic rings. The summed E-state index contributed by atoms with van der Waals surface area (Å²) in [5.74, 6) is 0.899. The first-order chi connectivity index (χ1) is 20.4. The van der Waals surface area contributed by atoms with E-state index in [0.717, 1.165) is 16.5 Å². The van der Waals surface area contributed by atoms with Crippen molar-refractivity contribution in [1.29, 1.82) is 0 Å². The number of fused-ring (bicyclic) bond motifs is 2. The smallest absolute Gasteiger partial charge is 0.251 e. The number of amides is 2. The molecule has 0 aromatic heterocycles. The van der Waals surface area contributed by atoms with Gasteiger partial charge in [-0.15, -0.1) is 0 Å². The quantitative estimate of drug-likeness (QED) is 0.209. The summed E-state index contributed by atoms with van der Waals surface area (Å²) in [5.41, 5.74) is 2.16. The van der Waals surface area contributed by atoms with E-state index < -0.39 is 24.2 Å². The predicted octanol–water partition coefficient (Wildman–Crippen LogP) is 4.07. The van der Waals surface area contributed by atoms with Crippen molar-refractivity contribution in [2.24, 2.45) is 29.1 Å². The van der Waals surface area contributed by atoms with Crippen molar-refractivity contribution in [2.75, 3.05) is 27.3 Å². The Morgan fingerprint density at radius 2 is 1.98 bits per heavy atom. The third-order valence-electron chi connectivity index (χ3n) is 9.99. The molecule has 236 valence electrons. The normalized spacial score (nSPS) is 31.1. The number of ether oxygens (including phenoxy) is 1. The summed E-state index contributed by atoms with van der Waals surface area (Å²) >= 11 is 3.50. The van der Waals surface area contributed by atoms with E-state index in [1.54, 1.807) is 51.4 Å². The molecule has 4 aliphatic rings. The summed E-state index contributed by atoms with van der Waals surface area (Å²) < 4.78 is 6.51. The first kappa shape index (κ1) is 33.4. The number of methoxy groups -OCH3 is 1. The number of halogens is 1. The number of aliphatic hydroxyl groups excluding tert-OH is 2. The number of hydrogen-bond donors (Lipinski definition) is 4. The summed E-state index contributed by atoms with van der Waals surface area (Å²) in [6.45, 7) is 12.1. The van der Waals surface area contributed by atoms with Gasteiger partial charge in [-0.2, -0.15) is 5.06 Å². The molecule has 5 rings (SSSR count). The van der Waals surface area contributed by atoms with Crippen LogP contribution in [0.3, 0.4) is 0 Å². The van der Waals surface area contributed by atoms with Crippen molar-refractivity contribution in [2.45, 2.75) is 64.8 Å². The Morgan fingerprint density at radius 1 is 1.28 bits per heavy atom. The first-order valence-electron chi connectivity index (χ1n) is 15.0. The molecular weight excluding hydrogens is 614 g/mol. The van der Waals surface area contributed by atoms with Crippen LogP contribution in [0, 0.1) is 29.1 Å². The topological polar surface area (TPSA) is 120 Å². The van der Waals surface area contributed by atoms with Gasteiger partial charge in [-0.3, -0.25) is 14.4 Å². The van der Waals surface area contributed by atoms with Gasteiger partial charge in [0, 0.05) is 41.2 Å². The number of hydroxylamine groups is 2. The molecule has 4 N–H and O–H groups in total. The maximum Gasteiger partial charge on any atom is 0.251 e. The molecule has 9 nitrogen and oxygen atoms in total. The lowest BCUT2D eigenvalue weighted by Crippen LogP contribution is -2.62. The van der Waals surface area contributed by atoms with E-state index in [2.05, 4.69) is 53.9 Å². The molecule has 1 saturated heterocycles. The van der Waals surface area contributed by atoms with Crippen LogP contribution in [-0.4, -0.2) is 78.7 Å². The summed E-state index contributed by atoms with van der Waals surface area (Å²) in [6, 6.07) is 4.60. The Hall–Kier alpha value is -2.50. The van der Waals surface area contributed by atoms with Crippen molar-refractivity contribution in [1.82, 2.24) is 15.7 Å². The van der Waals surface area contributed by atoms with E-state index in [1.807, 2.05) is 6.07 Å². The highest BCUT2D eigenvalue weighted by Gasteiger charge is 2.57. The van der Waals surface area contributed by atoms with E-state index in [9.17, 15) is 19.8 Å². The van der Waals surface area contributed by atoms with E-state index in [0.29, 0.717) is 40.1 Å². The van der Waals surface area contributed by atoms with E-state index in [4.69, 9.17) is 9.57 Å². The molecule has 1 heterocycles. The highest BCUT2D eigenvalue weighted by Crippen LogP contribution is 2.61. The van der Waals surface area contributed by atoms with Crippen molar-refractivity contribution in [3.63, 3.8) is 0 Å². The molecule has 4 fully saturated rings. The van der Waals surface area contributed by atoms with Crippen LogP contribution in [-0.2, 0) is 14.4 Å². The van der Waals surface area contributed by atoms with Gasteiger partial charge in [0.15, 0.2) is 0 Å². The number of rotatable bonds is 11. The molecule has 2 bridgehead atoms. The van der Waals surface area contributed by atoms with Crippen molar-refractivity contribution in [3.8, 4) is 0 Å². The molecular formula is C33H46BrN3O6. The lowest BCUT2D eigenvalue weighted by molar-refractivity contribution is -0.172. The largest absolute Gasteiger partial charge is 0.496 e. The zero-order valence-electron chi connectivity index (χ0n) is 26.0. The molecule has 3 saturated carbocycles. The maximum atomic E-state index is 13.9. The van der Waals surface area contributed by atoms with Crippen molar-refractivity contribution < 1.29 is 29.4 Å². The van der Waals surface area contributed by atoms with Gasteiger partial charge in [-0.05, 0) is 72.8 Å². The average Bonchev–Trinajstić information content (AvgIpc) is 3.35. The van der Waals surface area contributed by atoms with Gasteiger partial charge < -0.3 is 25.6 Å². The second kappa shape index (κ2) is 13.6. The zero-order chi connectivity index (χ0) is 31.6. The highest BCUT2D eigenvalue weighted by molar-refractivity contribution is 9.10.